The molecule has 1 aromatic carbocycles. The van der Waals surface area contributed by atoms with E-state index in [1.54, 1.807) is 0 Å². The van der Waals surface area contributed by atoms with E-state index in [2.05, 4.69) is 26.1 Å². The number of rotatable bonds is 6. The summed E-state index contributed by atoms with van der Waals surface area (Å²) in [5, 5.41) is 12.5. The van der Waals surface area contributed by atoms with Gasteiger partial charge in [-0.25, -0.2) is 9.59 Å². The van der Waals surface area contributed by atoms with Crippen LogP contribution in [-0.4, -0.2) is 66.2 Å². The van der Waals surface area contributed by atoms with E-state index in [0.717, 1.165) is 18.4 Å². The molecule has 8 nitrogen and oxygen atoms in total. The molecule has 7 rings (SSSR count). The Bertz CT molecular complexity index is 1010. The molecule has 0 aromatic heterocycles. The molecule has 2 saturated heterocycles. The van der Waals surface area contributed by atoms with Crippen LogP contribution in [-0.2, 0) is 20.5 Å². The molecule has 8 atom stereocenters. The third-order valence-corrected chi connectivity index (χ3v) is 9.83. The lowest BCUT2D eigenvalue weighted by Crippen LogP contribution is -2.65. The Balaban J connectivity index is 1.14. The zero-order valence-corrected chi connectivity index (χ0v) is 20.7. The molecule has 0 unspecified atom stereocenters. The highest BCUT2D eigenvalue weighted by Gasteiger charge is 2.68. The van der Waals surface area contributed by atoms with Crippen LogP contribution >= 0.6 is 0 Å². The van der Waals surface area contributed by atoms with Crippen molar-refractivity contribution in [2.24, 2.45) is 29.1 Å². The third-order valence-electron chi connectivity index (χ3n) is 9.83. The van der Waals surface area contributed by atoms with Crippen molar-refractivity contribution in [3.05, 3.63) is 35.9 Å². The summed E-state index contributed by atoms with van der Waals surface area (Å²) in [5.41, 5.74) is 0.947. The Morgan fingerprint density at radius 1 is 1.23 bits per heavy atom. The van der Waals surface area contributed by atoms with E-state index in [4.69, 9.17) is 14.0 Å². The number of alkyl carbamates (subject to hydrolysis) is 1. The van der Waals surface area contributed by atoms with E-state index in [0.29, 0.717) is 36.6 Å². The van der Waals surface area contributed by atoms with E-state index < -0.39 is 25.2 Å². The number of nitrogens with one attached hydrogen (secondary N) is 1. The number of amides is 2. The number of hydrogen-bond acceptors (Lipinski definition) is 5. The molecule has 4 saturated carbocycles. The van der Waals surface area contributed by atoms with Gasteiger partial charge in [-0.3, -0.25) is 0 Å². The molecular formula is C26H35BN2O6. The smallest absolute Gasteiger partial charge is 0.465 e. The SMILES string of the molecule is CC1(C)[C@@H]2C[C@H]3OB([C@H](Cc4ccccc4)NC(=O)OC[C@@H]4[C@@H]5C[C@@H]5CN4C(=O)O)O[C@@]3(C)[C@H]1C2. The standard InChI is InChI=1S/C26H35BN2O6/c1-25(2)17-11-20(25)26(3)21(12-17)34-27(35-26)22(9-15-7-5-4-6-8-15)28-23(30)33-14-19-18-10-16(18)13-29(19)24(31)32/h4-8,16-22H,9-14H2,1-3H3,(H,28,30)(H,31,32)/t16-,17+,18-,19-,20+,21-,22+,26+/m1/s1. The average molecular weight is 482 g/mol. The van der Waals surface area contributed by atoms with Gasteiger partial charge in [0.15, 0.2) is 0 Å². The molecular weight excluding hydrogens is 447 g/mol. The lowest BCUT2D eigenvalue weighted by molar-refractivity contribution is -0.199. The number of benzene rings is 1. The Hall–Kier alpha value is -2.26. The van der Waals surface area contributed by atoms with Crippen LogP contribution in [0.5, 0.6) is 0 Å². The summed E-state index contributed by atoms with van der Waals surface area (Å²) in [7, 11) is -0.567. The maximum absolute atomic E-state index is 12.9. The molecule has 2 aliphatic heterocycles. The highest BCUT2D eigenvalue weighted by Crippen LogP contribution is 2.65. The van der Waals surface area contributed by atoms with Crippen molar-refractivity contribution in [3.8, 4) is 0 Å². The highest BCUT2D eigenvalue weighted by molar-refractivity contribution is 6.47. The number of likely N-dealkylation sites (tertiary alicyclic amines) is 1. The van der Waals surface area contributed by atoms with E-state index >= 15 is 0 Å². The first kappa shape index (κ1) is 23.2. The van der Waals surface area contributed by atoms with Gasteiger partial charge in [0.25, 0.3) is 0 Å². The first-order chi connectivity index (χ1) is 16.7. The summed E-state index contributed by atoms with van der Waals surface area (Å²) >= 11 is 0. The van der Waals surface area contributed by atoms with Gasteiger partial charge in [-0.05, 0) is 67.3 Å². The molecule has 4 aliphatic carbocycles. The minimum atomic E-state index is -0.946. The minimum absolute atomic E-state index is 0.0229. The van der Waals surface area contributed by atoms with Gasteiger partial charge in [0.2, 0.25) is 0 Å². The van der Waals surface area contributed by atoms with Crippen LogP contribution in [0.3, 0.4) is 0 Å². The van der Waals surface area contributed by atoms with Crippen LogP contribution in [0.25, 0.3) is 0 Å². The van der Waals surface area contributed by atoms with Crippen LogP contribution in [0.4, 0.5) is 9.59 Å². The second-order valence-corrected chi connectivity index (χ2v) is 12.0. The molecule has 1 aromatic rings. The highest BCUT2D eigenvalue weighted by atomic mass is 16.7. The van der Waals surface area contributed by atoms with Crippen molar-refractivity contribution in [2.45, 2.75) is 70.1 Å². The maximum Gasteiger partial charge on any atom is 0.482 e. The number of carbonyl (C=O) groups is 2. The van der Waals surface area contributed by atoms with Crippen LogP contribution in [0.15, 0.2) is 30.3 Å². The van der Waals surface area contributed by atoms with Crippen molar-refractivity contribution in [1.82, 2.24) is 10.2 Å². The predicted octanol–water partition coefficient (Wildman–Crippen LogP) is 3.59. The second kappa shape index (κ2) is 8.13. The Labute approximate surface area is 206 Å². The molecule has 0 spiro atoms. The van der Waals surface area contributed by atoms with Gasteiger partial charge in [0.1, 0.15) is 6.61 Å². The zero-order valence-electron chi connectivity index (χ0n) is 20.7. The van der Waals surface area contributed by atoms with Gasteiger partial charge in [-0.15, -0.1) is 0 Å². The fourth-order valence-electron chi connectivity index (χ4n) is 7.51. The lowest BCUT2D eigenvalue weighted by atomic mass is 9.43. The monoisotopic (exact) mass is 482 g/mol. The summed E-state index contributed by atoms with van der Waals surface area (Å²) in [6.07, 6.45) is 2.23. The van der Waals surface area contributed by atoms with E-state index in [1.165, 1.54) is 11.3 Å². The van der Waals surface area contributed by atoms with Crippen LogP contribution in [0.1, 0.15) is 45.6 Å². The van der Waals surface area contributed by atoms with Gasteiger partial charge < -0.3 is 29.4 Å². The summed E-state index contributed by atoms with van der Waals surface area (Å²) in [4.78, 5) is 25.9. The predicted molar refractivity (Wildman–Crippen MR) is 129 cm³/mol. The summed E-state index contributed by atoms with van der Waals surface area (Å²) < 4.78 is 18.7. The molecule has 2 amide bonds. The summed E-state index contributed by atoms with van der Waals surface area (Å²) in [5.74, 6) is 1.38. The topological polar surface area (TPSA) is 97.3 Å². The quantitative estimate of drug-likeness (QED) is 0.602. The number of hydrogen-bond donors (Lipinski definition) is 2. The van der Waals surface area contributed by atoms with Gasteiger partial charge in [-0.2, -0.15) is 0 Å². The van der Waals surface area contributed by atoms with Crippen molar-refractivity contribution in [3.63, 3.8) is 0 Å². The number of carboxylic acid groups (broad SMARTS) is 1. The van der Waals surface area contributed by atoms with Crippen molar-refractivity contribution in [2.75, 3.05) is 13.2 Å². The number of nitrogens with zero attached hydrogens (tertiary/aromatic N) is 1. The molecule has 188 valence electrons. The van der Waals surface area contributed by atoms with Crippen molar-refractivity contribution >= 4 is 19.3 Å². The molecule has 0 radical (unpaired) electrons. The lowest BCUT2D eigenvalue weighted by Gasteiger charge is -2.64. The maximum atomic E-state index is 12.9. The fraction of sp³-hybridized carbons (Fsp3) is 0.692. The normalized spacial score (nSPS) is 38.7. The Morgan fingerprint density at radius 3 is 2.71 bits per heavy atom. The van der Waals surface area contributed by atoms with Crippen molar-refractivity contribution < 1.29 is 28.7 Å². The fourth-order valence-corrected chi connectivity index (χ4v) is 7.51. The summed E-state index contributed by atoms with van der Waals surface area (Å²) in [6, 6.07) is 9.72. The number of fused-ring (bicyclic) bond motifs is 1. The molecule has 2 N–H and O–H groups in total. The molecule has 2 bridgehead atoms. The van der Waals surface area contributed by atoms with E-state index in [-0.39, 0.29) is 29.8 Å². The third kappa shape index (κ3) is 3.82. The van der Waals surface area contributed by atoms with E-state index in [1.807, 2.05) is 30.3 Å². The number of carbonyl (C=O) groups excluding carboxylic acids is 1. The molecule has 35 heavy (non-hydrogen) atoms. The van der Waals surface area contributed by atoms with Gasteiger partial charge >= 0.3 is 19.3 Å². The summed E-state index contributed by atoms with van der Waals surface area (Å²) in [6.45, 7) is 7.43. The van der Waals surface area contributed by atoms with Crippen LogP contribution in [0.2, 0.25) is 0 Å². The molecule has 9 heteroatoms. The first-order valence-electron chi connectivity index (χ1n) is 13.0. The largest absolute Gasteiger partial charge is 0.482 e. The Morgan fingerprint density at radius 2 is 2.00 bits per heavy atom. The van der Waals surface area contributed by atoms with Gasteiger partial charge in [0.05, 0.1) is 23.7 Å². The Kier molecular flexibility index (Phi) is 5.38. The van der Waals surface area contributed by atoms with Gasteiger partial charge in [-0.1, -0.05) is 44.2 Å². The van der Waals surface area contributed by atoms with Crippen LogP contribution < -0.4 is 5.32 Å². The zero-order chi connectivity index (χ0) is 24.5. The average Bonchev–Trinajstić information content (AvgIpc) is 3.34. The van der Waals surface area contributed by atoms with Crippen molar-refractivity contribution in [1.29, 1.82) is 0 Å². The number of ether oxygens (including phenoxy) is 1. The van der Waals surface area contributed by atoms with Crippen LogP contribution in [0, 0.1) is 29.1 Å². The molecule has 6 aliphatic rings. The molecule has 6 fully saturated rings. The number of piperidine rings is 1. The molecule has 2 heterocycles. The second-order valence-electron chi connectivity index (χ2n) is 12.0. The van der Waals surface area contributed by atoms with Gasteiger partial charge in [0, 0.05) is 6.54 Å². The first-order valence-corrected chi connectivity index (χ1v) is 13.0. The van der Waals surface area contributed by atoms with E-state index in [9.17, 15) is 14.7 Å². The minimum Gasteiger partial charge on any atom is -0.465 e.